The molecule has 0 radical (unpaired) electrons. The molecule has 6 nitrogen and oxygen atoms in total. The van der Waals surface area contributed by atoms with E-state index in [0.29, 0.717) is 12.3 Å². The maximum Gasteiger partial charge on any atom is 0.349 e. The average Bonchev–Trinajstić information content (AvgIpc) is 2.06. The Hall–Kier alpha value is -1.01. The third-order valence-electron chi connectivity index (χ3n) is 1.91. The topological polar surface area (TPSA) is 87.7 Å². The summed E-state index contributed by atoms with van der Waals surface area (Å²) in [6.45, 7) is 4.06. The number of nitroso groups, excluding NO2 is 1. The van der Waals surface area contributed by atoms with Crippen LogP contribution in [-0.4, -0.2) is 28.6 Å². The number of hydrogen-bond acceptors (Lipinski definition) is 5. The zero-order valence-corrected chi connectivity index (χ0v) is 7.92. The minimum Gasteiger partial charge on any atom is -0.249 e. The maximum atomic E-state index is 11.4. The predicted molar refractivity (Wildman–Crippen MR) is 49.4 cm³/mol. The third kappa shape index (κ3) is 2.22. The molecule has 0 saturated carbocycles. The van der Waals surface area contributed by atoms with Gasteiger partial charge in [0.2, 0.25) is 0 Å². The zero-order chi connectivity index (χ0) is 10.0. The highest BCUT2D eigenvalue weighted by molar-refractivity contribution is 5.54. The number of rotatable bonds is 2. The molecule has 0 aromatic carbocycles. The Kier molecular flexibility index (Phi) is 2.94. The molecular formula is C7H16N5O+. The Balaban J connectivity index is 2.67. The molecule has 1 rings (SSSR count). The van der Waals surface area contributed by atoms with E-state index >= 15 is 0 Å². The van der Waals surface area contributed by atoms with Gasteiger partial charge in [0.25, 0.3) is 6.17 Å². The summed E-state index contributed by atoms with van der Waals surface area (Å²) in [5.74, 6) is 5.79. The van der Waals surface area contributed by atoms with Crippen LogP contribution in [0.1, 0.15) is 20.3 Å². The monoisotopic (exact) mass is 186 g/mol. The standard InChI is InChI=1S/C7H16N5O/c1-5(2)3-6-10-4-11(9)7(8)12(6)13/h4-7H,3,8-9H2,1-2H3/q+1. The molecule has 0 aromatic rings. The Morgan fingerprint density at radius 1 is 1.69 bits per heavy atom. The van der Waals surface area contributed by atoms with Gasteiger partial charge in [-0.1, -0.05) is 13.8 Å². The second-order valence-corrected chi connectivity index (χ2v) is 3.60. The van der Waals surface area contributed by atoms with Crippen molar-refractivity contribution in [2.45, 2.75) is 32.7 Å². The molecule has 1 aliphatic rings. The Labute approximate surface area is 77.1 Å². The highest BCUT2D eigenvalue weighted by atomic mass is 16.3. The van der Waals surface area contributed by atoms with Crippen LogP contribution in [-0.2, 0) is 0 Å². The largest absolute Gasteiger partial charge is 0.349 e. The number of hydrogen-bond donors (Lipinski definition) is 2. The molecule has 4 N–H and O–H groups in total. The van der Waals surface area contributed by atoms with Crippen molar-refractivity contribution in [1.29, 1.82) is 0 Å². The molecule has 0 amide bonds. The molecule has 0 aromatic heterocycles. The van der Waals surface area contributed by atoms with Gasteiger partial charge < -0.3 is 0 Å². The van der Waals surface area contributed by atoms with Crippen molar-refractivity contribution < 1.29 is 4.76 Å². The van der Waals surface area contributed by atoms with Crippen LogP contribution in [0, 0.1) is 10.8 Å². The summed E-state index contributed by atoms with van der Waals surface area (Å²) in [5.41, 5.74) is 5.51. The maximum absolute atomic E-state index is 11.4. The summed E-state index contributed by atoms with van der Waals surface area (Å²) in [4.78, 5) is 15.4. The van der Waals surface area contributed by atoms with Gasteiger partial charge in [-0.25, -0.2) is 21.6 Å². The van der Waals surface area contributed by atoms with Crippen LogP contribution < -0.4 is 11.6 Å². The van der Waals surface area contributed by atoms with E-state index < -0.39 is 12.5 Å². The molecule has 0 spiro atoms. The summed E-state index contributed by atoms with van der Waals surface area (Å²) in [7, 11) is 0. The van der Waals surface area contributed by atoms with Crippen LogP contribution in [0.2, 0.25) is 0 Å². The first-order chi connectivity index (χ1) is 6.02. The van der Waals surface area contributed by atoms with Crippen molar-refractivity contribution in [3.8, 4) is 0 Å². The number of hydrazine groups is 1. The predicted octanol–water partition coefficient (Wildman–Crippen LogP) is -0.403. The second kappa shape index (κ2) is 3.80. The molecule has 1 aliphatic heterocycles. The highest BCUT2D eigenvalue weighted by Crippen LogP contribution is 2.12. The Morgan fingerprint density at radius 3 is 2.85 bits per heavy atom. The van der Waals surface area contributed by atoms with Crippen LogP contribution in [0.5, 0.6) is 0 Å². The normalized spacial score (nSPS) is 28.7. The van der Waals surface area contributed by atoms with Gasteiger partial charge in [0, 0.05) is 11.3 Å². The van der Waals surface area contributed by atoms with E-state index in [1.54, 1.807) is 0 Å². The average molecular weight is 186 g/mol. The SMILES string of the molecule is CC(C)CC1N=CN(N)C(N)[N+]1=O. The van der Waals surface area contributed by atoms with Crippen LogP contribution in [0.25, 0.3) is 0 Å². The van der Waals surface area contributed by atoms with Crippen molar-refractivity contribution in [3.05, 3.63) is 4.91 Å². The highest BCUT2D eigenvalue weighted by Gasteiger charge is 2.37. The number of nitrogens with zero attached hydrogens (tertiary/aromatic N) is 3. The molecule has 74 valence electrons. The minimum absolute atomic E-state index is 0.394. The molecule has 0 bridgehead atoms. The lowest BCUT2D eigenvalue weighted by Crippen LogP contribution is -2.57. The van der Waals surface area contributed by atoms with Crippen LogP contribution >= 0.6 is 0 Å². The fourth-order valence-corrected chi connectivity index (χ4v) is 1.18. The summed E-state index contributed by atoms with van der Waals surface area (Å²) < 4.78 is 0.722. The van der Waals surface area contributed by atoms with Gasteiger partial charge >= 0.3 is 6.29 Å². The molecule has 0 fully saturated rings. The van der Waals surface area contributed by atoms with Gasteiger partial charge in [-0.3, -0.25) is 0 Å². The van der Waals surface area contributed by atoms with E-state index in [9.17, 15) is 4.91 Å². The van der Waals surface area contributed by atoms with Crippen molar-refractivity contribution in [3.63, 3.8) is 0 Å². The van der Waals surface area contributed by atoms with Gasteiger partial charge in [-0.05, 0) is 5.92 Å². The first-order valence-electron chi connectivity index (χ1n) is 4.29. The first kappa shape index (κ1) is 10.1. The van der Waals surface area contributed by atoms with Crippen molar-refractivity contribution in [2.75, 3.05) is 0 Å². The summed E-state index contributed by atoms with van der Waals surface area (Å²) in [6, 6.07) is 0. The van der Waals surface area contributed by atoms with Gasteiger partial charge in [0.1, 0.15) is 6.34 Å². The molecular weight excluding hydrogens is 170 g/mol. The molecule has 0 aliphatic carbocycles. The van der Waals surface area contributed by atoms with Crippen molar-refractivity contribution in [1.82, 2.24) is 5.01 Å². The molecule has 1 heterocycles. The third-order valence-corrected chi connectivity index (χ3v) is 1.91. The molecule has 6 heteroatoms. The van der Waals surface area contributed by atoms with E-state index in [0.717, 1.165) is 9.77 Å². The lowest BCUT2D eigenvalue weighted by molar-refractivity contribution is -0.641. The lowest BCUT2D eigenvalue weighted by atomic mass is 10.1. The van der Waals surface area contributed by atoms with Crippen molar-refractivity contribution >= 4 is 6.34 Å². The minimum atomic E-state index is -0.818. The molecule has 2 atom stereocenters. The fraction of sp³-hybridized carbons (Fsp3) is 0.857. The first-order valence-corrected chi connectivity index (χ1v) is 4.29. The quantitative estimate of drug-likeness (QED) is 0.453. The molecule has 0 saturated heterocycles. The number of aliphatic imine (C=N–C) groups is 1. The van der Waals surface area contributed by atoms with E-state index in [2.05, 4.69) is 4.99 Å². The second-order valence-electron chi connectivity index (χ2n) is 3.60. The molecule has 2 unspecified atom stereocenters. The smallest absolute Gasteiger partial charge is 0.249 e. The molecule has 13 heavy (non-hydrogen) atoms. The fourth-order valence-electron chi connectivity index (χ4n) is 1.18. The Bertz CT molecular complexity index is 227. The van der Waals surface area contributed by atoms with Crippen LogP contribution in [0.15, 0.2) is 4.99 Å². The summed E-state index contributed by atoms with van der Waals surface area (Å²) >= 11 is 0. The van der Waals surface area contributed by atoms with Gasteiger partial charge in [0.05, 0.1) is 4.76 Å². The van der Waals surface area contributed by atoms with E-state index in [4.69, 9.17) is 11.6 Å². The van der Waals surface area contributed by atoms with Crippen molar-refractivity contribution in [2.24, 2.45) is 22.5 Å². The van der Waals surface area contributed by atoms with Crippen LogP contribution in [0.4, 0.5) is 0 Å². The van der Waals surface area contributed by atoms with Gasteiger partial charge in [-0.15, -0.1) is 0 Å². The van der Waals surface area contributed by atoms with Gasteiger partial charge in [0.15, 0.2) is 0 Å². The summed E-state index contributed by atoms with van der Waals surface area (Å²) in [5, 5.41) is 1.10. The van der Waals surface area contributed by atoms with E-state index in [-0.39, 0.29) is 0 Å². The van der Waals surface area contributed by atoms with Gasteiger partial charge in [-0.2, -0.15) is 0 Å². The number of nitrogens with two attached hydrogens (primary N) is 2. The Morgan fingerprint density at radius 2 is 2.31 bits per heavy atom. The van der Waals surface area contributed by atoms with E-state index in [1.807, 2.05) is 13.8 Å². The van der Waals surface area contributed by atoms with E-state index in [1.165, 1.54) is 6.34 Å². The van der Waals surface area contributed by atoms with Crippen LogP contribution in [0.3, 0.4) is 0 Å². The summed E-state index contributed by atoms with van der Waals surface area (Å²) in [6.07, 6.45) is 0.893. The zero-order valence-electron chi connectivity index (χ0n) is 7.92. The lowest BCUT2D eigenvalue weighted by Gasteiger charge is -2.21.